The fourth-order valence-electron chi connectivity index (χ4n) is 2.72. The molecule has 0 atom stereocenters. The van der Waals surface area contributed by atoms with Gasteiger partial charge in [-0.05, 0) is 50.7 Å². The molecule has 1 aromatic heterocycles. The van der Waals surface area contributed by atoms with Gasteiger partial charge in [0.15, 0.2) is 5.78 Å². The minimum absolute atomic E-state index is 0.215. The van der Waals surface area contributed by atoms with Crippen molar-refractivity contribution in [2.24, 2.45) is 11.8 Å². The zero-order valence-corrected chi connectivity index (χ0v) is 10.8. The highest BCUT2D eigenvalue weighted by Gasteiger charge is 2.26. The van der Waals surface area contributed by atoms with Crippen LogP contribution in [0.5, 0.6) is 0 Å². The molecule has 0 bridgehead atoms. The largest absolute Gasteiger partial charge is 0.292 e. The summed E-state index contributed by atoms with van der Waals surface area (Å²) < 4.78 is 0. The zero-order valence-electron chi connectivity index (χ0n) is 10.8. The molecule has 1 aliphatic rings. The molecule has 1 aromatic rings. The van der Waals surface area contributed by atoms with Crippen LogP contribution in [0.2, 0.25) is 0 Å². The third-order valence-electron chi connectivity index (χ3n) is 3.94. The lowest BCUT2D eigenvalue weighted by molar-refractivity contribution is 0.0865. The van der Waals surface area contributed by atoms with E-state index in [4.69, 9.17) is 0 Å². The highest BCUT2D eigenvalue weighted by Crippen LogP contribution is 2.32. The number of hydrogen-bond acceptors (Lipinski definition) is 2. The normalized spacial score (nSPS) is 24.6. The predicted molar refractivity (Wildman–Crippen MR) is 69.0 cm³/mol. The molecular weight excluding hydrogens is 210 g/mol. The molecule has 1 heterocycles. The third kappa shape index (κ3) is 2.93. The van der Waals surface area contributed by atoms with Crippen molar-refractivity contribution in [3.05, 3.63) is 29.6 Å². The van der Waals surface area contributed by atoms with Gasteiger partial charge in [0, 0.05) is 11.6 Å². The van der Waals surface area contributed by atoms with Gasteiger partial charge in [-0.3, -0.25) is 9.78 Å². The van der Waals surface area contributed by atoms with Crippen molar-refractivity contribution < 1.29 is 4.79 Å². The smallest absolute Gasteiger partial charge is 0.184 e. The number of aryl methyl sites for hydroxylation is 1. The van der Waals surface area contributed by atoms with Crippen molar-refractivity contribution in [3.8, 4) is 0 Å². The Morgan fingerprint density at radius 1 is 1.29 bits per heavy atom. The number of nitrogens with zero attached hydrogens (tertiary/aromatic N) is 1. The summed E-state index contributed by atoms with van der Waals surface area (Å²) >= 11 is 0. The summed E-state index contributed by atoms with van der Waals surface area (Å²) in [4.78, 5) is 16.6. The molecule has 0 saturated heterocycles. The molecule has 17 heavy (non-hydrogen) atoms. The molecule has 0 radical (unpaired) electrons. The Bertz CT molecular complexity index is 392. The number of pyridine rings is 1. The summed E-state index contributed by atoms with van der Waals surface area (Å²) in [5.41, 5.74) is 1.59. The molecule has 2 nitrogen and oxygen atoms in total. The zero-order chi connectivity index (χ0) is 12.3. The first-order valence-corrected chi connectivity index (χ1v) is 6.68. The Kier molecular flexibility index (Phi) is 3.93. The van der Waals surface area contributed by atoms with Crippen LogP contribution in [0.3, 0.4) is 0 Å². The van der Waals surface area contributed by atoms with E-state index in [1.807, 2.05) is 25.1 Å². The maximum absolute atomic E-state index is 12.3. The fourth-order valence-corrected chi connectivity index (χ4v) is 2.72. The second-order valence-corrected chi connectivity index (χ2v) is 5.15. The Hall–Kier alpha value is -1.18. The summed E-state index contributed by atoms with van der Waals surface area (Å²) in [5.74, 6) is 1.31. The van der Waals surface area contributed by atoms with Crippen LogP contribution in [0.4, 0.5) is 0 Å². The molecule has 0 aromatic carbocycles. The molecule has 0 amide bonds. The topological polar surface area (TPSA) is 30.0 Å². The van der Waals surface area contributed by atoms with Crippen molar-refractivity contribution in [3.63, 3.8) is 0 Å². The number of ketones is 1. The van der Waals surface area contributed by atoms with E-state index < -0.39 is 0 Å². The summed E-state index contributed by atoms with van der Waals surface area (Å²) in [6.45, 7) is 4.18. The molecule has 0 spiro atoms. The van der Waals surface area contributed by atoms with E-state index in [-0.39, 0.29) is 11.7 Å². The van der Waals surface area contributed by atoms with E-state index in [1.54, 1.807) is 0 Å². The van der Waals surface area contributed by atoms with Crippen LogP contribution in [0, 0.1) is 18.8 Å². The monoisotopic (exact) mass is 231 g/mol. The Balaban J connectivity index is 2.02. The predicted octanol–water partition coefficient (Wildman–Crippen LogP) is 3.79. The first-order chi connectivity index (χ1) is 8.20. The van der Waals surface area contributed by atoms with Crippen LogP contribution in [-0.4, -0.2) is 10.8 Å². The molecule has 0 N–H and O–H groups in total. The van der Waals surface area contributed by atoms with E-state index in [0.29, 0.717) is 5.69 Å². The van der Waals surface area contributed by atoms with Crippen molar-refractivity contribution >= 4 is 5.78 Å². The van der Waals surface area contributed by atoms with Gasteiger partial charge in [0.1, 0.15) is 5.69 Å². The molecule has 2 rings (SSSR count). The molecular formula is C15H21NO. The fraction of sp³-hybridized carbons (Fsp3) is 0.600. The van der Waals surface area contributed by atoms with Crippen LogP contribution in [0.1, 0.15) is 55.2 Å². The number of hydrogen-bond donors (Lipinski definition) is 0. The Labute approximate surface area is 103 Å². The van der Waals surface area contributed by atoms with E-state index in [0.717, 1.165) is 24.5 Å². The molecule has 0 unspecified atom stereocenters. The van der Waals surface area contributed by atoms with Gasteiger partial charge in [0.05, 0.1) is 0 Å². The number of carbonyl (C=O) groups is 1. The average Bonchev–Trinajstić information content (AvgIpc) is 2.38. The van der Waals surface area contributed by atoms with E-state index in [1.165, 1.54) is 19.3 Å². The van der Waals surface area contributed by atoms with Crippen LogP contribution in [-0.2, 0) is 0 Å². The van der Waals surface area contributed by atoms with Crippen LogP contribution in [0.25, 0.3) is 0 Å². The molecule has 2 heteroatoms. The number of Topliss-reactive ketones (excluding diaryl/α,β-unsaturated/α-hetero) is 1. The standard InChI is InChI=1S/C15H21NO/c1-3-12-7-9-13(10-8-12)15(17)14-6-4-5-11(2)16-14/h4-6,12-13H,3,7-10H2,1-2H3. The lowest BCUT2D eigenvalue weighted by Gasteiger charge is -2.26. The second-order valence-electron chi connectivity index (χ2n) is 5.15. The van der Waals surface area contributed by atoms with Gasteiger partial charge < -0.3 is 0 Å². The van der Waals surface area contributed by atoms with E-state index in [2.05, 4.69) is 11.9 Å². The van der Waals surface area contributed by atoms with Gasteiger partial charge in [-0.15, -0.1) is 0 Å². The lowest BCUT2D eigenvalue weighted by atomic mass is 9.78. The quantitative estimate of drug-likeness (QED) is 0.741. The summed E-state index contributed by atoms with van der Waals surface area (Å²) in [5, 5.41) is 0. The van der Waals surface area contributed by atoms with Gasteiger partial charge in [-0.25, -0.2) is 0 Å². The molecule has 92 valence electrons. The highest BCUT2D eigenvalue weighted by atomic mass is 16.1. The van der Waals surface area contributed by atoms with Gasteiger partial charge in [0.25, 0.3) is 0 Å². The molecule has 0 aliphatic heterocycles. The minimum Gasteiger partial charge on any atom is -0.292 e. The van der Waals surface area contributed by atoms with Crippen LogP contribution >= 0.6 is 0 Å². The SMILES string of the molecule is CCC1CCC(C(=O)c2cccc(C)n2)CC1. The second kappa shape index (κ2) is 5.44. The van der Waals surface area contributed by atoms with Gasteiger partial charge in [0.2, 0.25) is 0 Å². The maximum Gasteiger partial charge on any atom is 0.184 e. The van der Waals surface area contributed by atoms with Gasteiger partial charge >= 0.3 is 0 Å². The van der Waals surface area contributed by atoms with Gasteiger partial charge in [-0.1, -0.05) is 19.4 Å². The maximum atomic E-state index is 12.3. The minimum atomic E-state index is 0.215. The van der Waals surface area contributed by atoms with Crippen LogP contribution in [0.15, 0.2) is 18.2 Å². The lowest BCUT2D eigenvalue weighted by Crippen LogP contribution is -2.22. The van der Waals surface area contributed by atoms with Crippen molar-refractivity contribution in [1.82, 2.24) is 4.98 Å². The Morgan fingerprint density at radius 3 is 2.59 bits per heavy atom. The van der Waals surface area contributed by atoms with Gasteiger partial charge in [-0.2, -0.15) is 0 Å². The summed E-state index contributed by atoms with van der Waals surface area (Å²) in [6, 6.07) is 5.71. The number of rotatable bonds is 3. The Morgan fingerprint density at radius 2 is 2.00 bits per heavy atom. The van der Waals surface area contributed by atoms with Crippen molar-refractivity contribution in [1.29, 1.82) is 0 Å². The number of carbonyl (C=O) groups excluding carboxylic acids is 1. The van der Waals surface area contributed by atoms with Crippen LogP contribution < -0.4 is 0 Å². The van der Waals surface area contributed by atoms with E-state index in [9.17, 15) is 4.79 Å². The third-order valence-corrected chi connectivity index (χ3v) is 3.94. The average molecular weight is 231 g/mol. The summed E-state index contributed by atoms with van der Waals surface area (Å²) in [7, 11) is 0. The van der Waals surface area contributed by atoms with E-state index >= 15 is 0 Å². The molecule has 1 fully saturated rings. The van der Waals surface area contributed by atoms with Crippen molar-refractivity contribution in [2.45, 2.75) is 46.0 Å². The highest BCUT2D eigenvalue weighted by molar-refractivity contribution is 5.96. The first-order valence-electron chi connectivity index (χ1n) is 6.68. The molecule has 1 aliphatic carbocycles. The van der Waals surface area contributed by atoms with Crippen molar-refractivity contribution in [2.75, 3.05) is 0 Å². The number of aromatic nitrogens is 1. The summed E-state index contributed by atoms with van der Waals surface area (Å²) in [6.07, 6.45) is 5.76. The molecule has 1 saturated carbocycles. The first kappa shape index (κ1) is 12.3.